The summed E-state index contributed by atoms with van der Waals surface area (Å²) in [6, 6.07) is 11.7. The number of hydrogen-bond acceptors (Lipinski definition) is 5. The van der Waals surface area contributed by atoms with Gasteiger partial charge in [0.1, 0.15) is 11.5 Å². The van der Waals surface area contributed by atoms with Crippen LogP contribution >= 0.6 is 23.2 Å². The maximum absolute atomic E-state index is 13.0. The molecule has 0 unspecified atom stereocenters. The second kappa shape index (κ2) is 9.21. The van der Waals surface area contributed by atoms with E-state index in [0.29, 0.717) is 13.0 Å². The number of halogens is 2. The van der Waals surface area contributed by atoms with Crippen LogP contribution in [0.2, 0.25) is 10.0 Å². The van der Waals surface area contributed by atoms with Crippen molar-refractivity contribution in [2.45, 2.75) is 17.9 Å². The predicted octanol–water partition coefficient (Wildman–Crippen LogP) is 3.73. The van der Waals surface area contributed by atoms with Crippen LogP contribution in [0.5, 0.6) is 5.75 Å². The van der Waals surface area contributed by atoms with Gasteiger partial charge in [0.2, 0.25) is 10.0 Å². The second-order valence-corrected chi connectivity index (χ2v) is 9.27. The quantitative estimate of drug-likeness (QED) is 0.753. The van der Waals surface area contributed by atoms with Gasteiger partial charge in [0.25, 0.3) is 0 Å². The summed E-state index contributed by atoms with van der Waals surface area (Å²) < 4.78 is 32.5. The van der Waals surface area contributed by atoms with E-state index in [2.05, 4.69) is 0 Å². The van der Waals surface area contributed by atoms with Crippen LogP contribution in [-0.4, -0.2) is 55.0 Å². The molecule has 0 saturated carbocycles. The van der Waals surface area contributed by atoms with Crippen molar-refractivity contribution < 1.29 is 23.1 Å². The standard InChI is InChI=1S/C19H20Cl2N2O5S/c20-15-11-16(21)18(24)17(12-15)29(26,27)23-8-4-7-22(9-10-23)19(25)28-13-14-5-2-1-3-6-14/h1-3,5-6,11-12,24H,4,7-10,13H2. The summed E-state index contributed by atoms with van der Waals surface area (Å²) in [6.45, 7) is 0.928. The number of nitrogens with zero attached hydrogens (tertiary/aromatic N) is 2. The second-order valence-electron chi connectivity index (χ2n) is 6.52. The molecular formula is C19H20Cl2N2O5S. The highest BCUT2D eigenvalue weighted by atomic mass is 35.5. The minimum absolute atomic E-state index is 0.0618. The van der Waals surface area contributed by atoms with E-state index in [9.17, 15) is 18.3 Å². The molecule has 1 saturated heterocycles. The Hall–Kier alpha value is -2.00. The first-order chi connectivity index (χ1) is 13.8. The molecule has 0 bridgehead atoms. The number of phenolic OH excluding ortho intramolecular Hbond substituents is 1. The molecule has 0 spiro atoms. The van der Waals surface area contributed by atoms with Gasteiger partial charge in [0.05, 0.1) is 5.02 Å². The first-order valence-electron chi connectivity index (χ1n) is 8.93. The van der Waals surface area contributed by atoms with Gasteiger partial charge in [0.15, 0.2) is 5.75 Å². The minimum atomic E-state index is -4.03. The van der Waals surface area contributed by atoms with Crippen molar-refractivity contribution in [1.29, 1.82) is 0 Å². The smallest absolute Gasteiger partial charge is 0.410 e. The van der Waals surface area contributed by atoms with E-state index in [1.54, 1.807) is 0 Å². The molecule has 156 valence electrons. The van der Waals surface area contributed by atoms with Crippen LogP contribution in [-0.2, 0) is 21.4 Å². The van der Waals surface area contributed by atoms with Gasteiger partial charge in [-0.2, -0.15) is 4.31 Å². The highest BCUT2D eigenvalue weighted by molar-refractivity contribution is 7.89. The Morgan fingerprint density at radius 1 is 1.07 bits per heavy atom. The molecule has 2 aromatic carbocycles. The summed E-state index contributed by atoms with van der Waals surface area (Å²) in [4.78, 5) is 13.5. The SMILES string of the molecule is O=C(OCc1ccccc1)N1CCCN(S(=O)(=O)c2cc(Cl)cc(Cl)c2O)CC1. The Bertz CT molecular complexity index is 986. The molecule has 1 aliphatic rings. The summed E-state index contributed by atoms with van der Waals surface area (Å²) in [5, 5.41) is 10.1. The van der Waals surface area contributed by atoms with Crippen LogP contribution < -0.4 is 0 Å². The van der Waals surface area contributed by atoms with Crippen LogP contribution in [0.3, 0.4) is 0 Å². The van der Waals surface area contributed by atoms with Gasteiger partial charge in [-0.1, -0.05) is 53.5 Å². The van der Waals surface area contributed by atoms with Crippen molar-refractivity contribution in [1.82, 2.24) is 9.21 Å². The molecule has 0 radical (unpaired) electrons. The fourth-order valence-corrected chi connectivity index (χ4v) is 5.22. The molecule has 1 N–H and O–H groups in total. The van der Waals surface area contributed by atoms with Crippen LogP contribution in [0.15, 0.2) is 47.4 Å². The third-order valence-corrected chi connectivity index (χ3v) is 6.95. The summed E-state index contributed by atoms with van der Waals surface area (Å²) in [6.07, 6.45) is -0.0731. The van der Waals surface area contributed by atoms with Crippen molar-refractivity contribution in [2.24, 2.45) is 0 Å². The van der Waals surface area contributed by atoms with Gasteiger partial charge < -0.3 is 14.7 Å². The number of sulfonamides is 1. The van der Waals surface area contributed by atoms with E-state index < -0.39 is 21.9 Å². The molecule has 3 rings (SSSR count). The number of carbonyl (C=O) groups excluding carboxylic acids is 1. The first kappa shape index (κ1) is 21.7. The highest BCUT2D eigenvalue weighted by Crippen LogP contribution is 2.35. The molecule has 0 aromatic heterocycles. The third-order valence-electron chi connectivity index (χ3n) is 4.53. The van der Waals surface area contributed by atoms with Gasteiger partial charge in [-0.3, -0.25) is 0 Å². The number of rotatable bonds is 4. The fraction of sp³-hybridized carbons (Fsp3) is 0.316. The van der Waals surface area contributed by atoms with Gasteiger partial charge in [0, 0.05) is 31.2 Å². The molecule has 0 atom stereocenters. The first-order valence-corrected chi connectivity index (χ1v) is 11.1. The zero-order chi connectivity index (χ0) is 21.0. The van der Waals surface area contributed by atoms with Crippen molar-refractivity contribution in [2.75, 3.05) is 26.2 Å². The van der Waals surface area contributed by atoms with E-state index >= 15 is 0 Å². The van der Waals surface area contributed by atoms with E-state index in [4.69, 9.17) is 27.9 Å². The molecule has 0 aliphatic carbocycles. The Kier molecular flexibility index (Phi) is 6.89. The van der Waals surface area contributed by atoms with E-state index in [-0.39, 0.29) is 41.2 Å². The Morgan fingerprint density at radius 2 is 1.79 bits per heavy atom. The normalized spacial score (nSPS) is 15.7. The summed E-state index contributed by atoms with van der Waals surface area (Å²) in [5.41, 5.74) is 0.869. The monoisotopic (exact) mass is 458 g/mol. The lowest BCUT2D eigenvalue weighted by Crippen LogP contribution is -2.37. The highest BCUT2D eigenvalue weighted by Gasteiger charge is 2.31. The van der Waals surface area contributed by atoms with Crippen molar-refractivity contribution in [3.05, 3.63) is 58.1 Å². The largest absolute Gasteiger partial charge is 0.505 e. The molecule has 1 heterocycles. The summed E-state index contributed by atoms with van der Waals surface area (Å²) >= 11 is 11.8. The minimum Gasteiger partial charge on any atom is -0.505 e. The molecule has 1 fully saturated rings. The number of phenols is 1. The maximum atomic E-state index is 13.0. The zero-order valence-corrected chi connectivity index (χ0v) is 17.8. The fourth-order valence-electron chi connectivity index (χ4n) is 3.01. The van der Waals surface area contributed by atoms with E-state index in [1.165, 1.54) is 15.3 Å². The number of amides is 1. The number of benzene rings is 2. The lowest BCUT2D eigenvalue weighted by molar-refractivity contribution is 0.0980. The van der Waals surface area contributed by atoms with Crippen molar-refractivity contribution >= 4 is 39.3 Å². The molecule has 1 aliphatic heterocycles. The average Bonchev–Trinajstić information content (AvgIpc) is 2.96. The Morgan fingerprint density at radius 3 is 2.52 bits per heavy atom. The van der Waals surface area contributed by atoms with Gasteiger partial charge in [-0.25, -0.2) is 13.2 Å². The molecule has 7 nitrogen and oxygen atoms in total. The van der Waals surface area contributed by atoms with Gasteiger partial charge in [-0.05, 0) is 24.1 Å². The van der Waals surface area contributed by atoms with Crippen LogP contribution in [0, 0.1) is 0 Å². The Balaban J connectivity index is 1.67. The van der Waals surface area contributed by atoms with E-state index in [0.717, 1.165) is 11.6 Å². The average molecular weight is 459 g/mol. The number of ether oxygens (including phenoxy) is 1. The third kappa shape index (κ3) is 5.14. The number of aromatic hydroxyl groups is 1. The van der Waals surface area contributed by atoms with Gasteiger partial charge >= 0.3 is 6.09 Å². The maximum Gasteiger partial charge on any atom is 0.410 e. The van der Waals surface area contributed by atoms with Crippen molar-refractivity contribution in [3.8, 4) is 5.75 Å². The van der Waals surface area contributed by atoms with Gasteiger partial charge in [-0.15, -0.1) is 0 Å². The van der Waals surface area contributed by atoms with Crippen LogP contribution in [0.25, 0.3) is 0 Å². The van der Waals surface area contributed by atoms with Crippen molar-refractivity contribution in [3.63, 3.8) is 0 Å². The topological polar surface area (TPSA) is 87.2 Å². The summed E-state index contributed by atoms with van der Waals surface area (Å²) in [7, 11) is -4.03. The Labute approximate surface area is 179 Å². The van der Waals surface area contributed by atoms with E-state index in [1.807, 2.05) is 30.3 Å². The molecular weight excluding hydrogens is 439 g/mol. The molecule has 2 aromatic rings. The molecule has 29 heavy (non-hydrogen) atoms. The van der Waals surface area contributed by atoms with Crippen LogP contribution in [0.1, 0.15) is 12.0 Å². The zero-order valence-electron chi connectivity index (χ0n) is 15.4. The lowest BCUT2D eigenvalue weighted by Gasteiger charge is -2.22. The predicted molar refractivity (Wildman–Crippen MR) is 110 cm³/mol. The molecule has 10 heteroatoms. The number of carbonyl (C=O) groups is 1. The molecule has 1 amide bonds. The summed E-state index contributed by atoms with van der Waals surface area (Å²) in [5.74, 6) is -0.542. The number of hydrogen-bond donors (Lipinski definition) is 1. The van der Waals surface area contributed by atoms with Crippen LogP contribution in [0.4, 0.5) is 4.79 Å². The lowest BCUT2D eigenvalue weighted by atomic mass is 10.2.